The SMILES string of the molecule is CC(=O)c1ccc(OCc2ncccn2)cc1F. The highest BCUT2D eigenvalue weighted by molar-refractivity contribution is 5.94. The summed E-state index contributed by atoms with van der Waals surface area (Å²) >= 11 is 0. The second-order valence-electron chi connectivity index (χ2n) is 3.65. The molecule has 0 aliphatic heterocycles. The minimum Gasteiger partial charge on any atom is -0.486 e. The number of carbonyl (C=O) groups is 1. The van der Waals surface area contributed by atoms with Gasteiger partial charge in [-0.2, -0.15) is 0 Å². The molecular weight excluding hydrogens is 235 g/mol. The molecule has 1 aromatic heterocycles. The second-order valence-corrected chi connectivity index (χ2v) is 3.65. The molecule has 18 heavy (non-hydrogen) atoms. The van der Waals surface area contributed by atoms with Crippen molar-refractivity contribution in [1.82, 2.24) is 9.97 Å². The molecule has 0 atom stereocenters. The lowest BCUT2D eigenvalue weighted by molar-refractivity contribution is 0.101. The van der Waals surface area contributed by atoms with Crippen LogP contribution in [-0.2, 0) is 6.61 Å². The van der Waals surface area contributed by atoms with E-state index in [9.17, 15) is 9.18 Å². The molecule has 0 radical (unpaired) electrons. The van der Waals surface area contributed by atoms with Crippen LogP contribution in [0.25, 0.3) is 0 Å². The Hall–Kier alpha value is -2.30. The average Bonchev–Trinajstić information content (AvgIpc) is 2.37. The Morgan fingerprint density at radius 3 is 2.67 bits per heavy atom. The molecule has 0 fully saturated rings. The summed E-state index contributed by atoms with van der Waals surface area (Å²) in [6.07, 6.45) is 3.20. The first-order valence-electron chi connectivity index (χ1n) is 5.36. The monoisotopic (exact) mass is 246 g/mol. The Kier molecular flexibility index (Phi) is 3.62. The van der Waals surface area contributed by atoms with Crippen LogP contribution >= 0.6 is 0 Å². The van der Waals surface area contributed by atoms with Crippen LogP contribution in [0.15, 0.2) is 36.7 Å². The summed E-state index contributed by atoms with van der Waals surface area (Å²) in [5, 5.41) is 0. The van der Waals surface area contributed by atoms with E-state index in [1.807, 2.05) is 0 Å². The number of ether oxygens (including phenoxy) is 1. The zero-order valence-electron chi connectivity index (χ0n) is 9.76. The smallest absolute Gasteiger partial charge is 0.166 e. The van der Waals surface area contributed by atoms with Crippen molar-refractivity contribution in [2.45, 2.75) is 13.5 Å². The van der Waals surface area contributed by atoms with Crippen molar-refractivity contribution in [3.63, 3.8) is 0 Å². The number of hydrogen-bond acceptors (Lipinski definition) is 4. The topological polar surface area (TPSA) is 52.1 Å². The molecule has 0 spiro atoms. The van der Waals surface area contributed by atoms with Gasteiger partial charge in [0.05, 0.1) is 5.56 Å². The van der Waals surface area contributed by atoms with E-state index in [1.54, 1.807) is 24.5 Å². The third-order valence-corrected chi connectivity index (χ3v) is 2.31. The van der Waals surface area contributed by atoms with E-state index in [0.29, 0.717) is 11.6 Å². The van der Waals surface area contributed by atoms with Gasteiger partial charge < -0.3 is 4.74 Å². The fraction of sp³-hybridized carbons (Fsp3) is 0.154. The minimum atomic E-state index is -0.589. The van der Waals surface area contributed by atoms with Crippen molar-refractivity contribution < 1.29 is 13.9 Å². The summed E-state index contributed by atoms with van der Waals surface area (Å²) in [6, 6.07) is 5.83. The minimum absolute atomic E-state index is 0.0540. The van der Waals surface area contributed by atoms with E-state index < -0.39 is 5.82 Å². The molecule has 2 aromatic rings. The maximum Gasteiger partial charge on any atom is 0.166 e. The van der Waals surface area contributed by atoms with Gasteiger partial charge in [-0.1, -0.05) is 0 Å². The number of carbonyl (C=O) groups excluding carboxylic acids is 1. The molecule has 0 bridgehead atoms. The van der Waals surface area contributed by atoms with Crippen LogP contribution in [-0.4, -0.2) is 15.8 Å². The van der Waals surface area contributed by atoms with Crippen LogP contribution in [0.1, 0.15) is 23.1 Å². The summed E-state index contributed by atoms with van der Waals surface area (Å²) < 4.78 is 18.8. The highest BCUT2D eigenvalue weighted by atomic mass is 19.1. The lowest BCUT2D eigenvalue weighted by Crippen LogP contribution is -2.02. The number of benzene rings is 1. The number of hydrogen-bond donors (Lipinski definition) is 0. The lowest BCUT2D eigenvalue weighted by atomic mass is 10.1. The predicted molar refractivity (Wildman–Crippen MR) is 62.8 cm³/mol. The molecule has 2 rings (SSSR count). The number of Topliss-reactive ketones (excluding diaryl/α,β-unsaturated/α-hetero) is 1. The maximum absolute atomic E-state index is 13.5. The van der Waals surface area contributed by atoms with Gasteiger partial charge in [-0.15, -0.1) is 0 Å². The Balaban J connectivity index is 2.07. The van der Waals surface area contributed by atoms with Gasteiger partial charge in [-0.25, -0.2) is 14.4 Å². The van der Waals surface area contributed by atoms with E-state index in [-0.39, 0.29) is 18.0 Å². The van der Waals surface area contributed by atoms with Gasteiger partial charge in [0.25, 0.3) is 0 Å². The third kappa shape index (κ3) is 2.88. The van der Waals surface area contributed by atoms with Crippen molar-refractivity contribution in [2.24, 2.45) is 0 Å². The Bertz CT molecular complexity index is 558. The Labute approximate surface area is 103 Å². The maximum atomic E-state index is 13.5. The predicted octanol–water partition coefficient (Wildman–Crippen LogP) is 2.40. The number of ketones is 1. The zero-order valence-corrected chi connectivity index (χ0v) is 9.76. The normalized spacial score (nSPS) is 10.1. The van der Waals surface area contributed by atoms with Crippen LogP contribution in [0.3, 0.4) is 0 Å². The van der Waals surface area contributed by atoms with Crippen molar-refractivity contribution >= 4 is 5.78 Å². The van der Waals surface area contributed by atoms with Crippen molar-refractivity contribution in [2.75, 3.05) is 0 Å². The molecular formula is C13H11FN2O2. The first-order chi connectivity index (χ1) is 8.66. The van der Waals surface area contributed by atoms with Crippen molar-refractivity contribution in [3.8, 4) is 5.75 Å². The van der Waals surface area contributed by atoms with E-state index in [1.165, 1.54) is 19.1 Å². The zero-order chi connectivity index (χ0) is 13.0. The lowest BCUT2D eigenvalue weighted by Gasteiger charge is -2.06. The summed E-state index contributed by atoms with van der Waals surface area (Å²) in [7, 11) is 0. The number of rotatable bonds is 4. The quantitative estimate of drug-likeness (QED) is 0.777. The third-order valence-electron chi connectivity index (χ3n) is 2.31. The Morgan fingerprint density at radius 2 is 2.06 bits per heavy atom. The van der Waals surface area contributed by atoms with Crippen molar-refractivity contribution in [1.29, 1.82) is 0 Å². The van der Waals surface area contributed by atoms with Gasteiger partial charge in [0.15, 0.2) is 11.6 Å². The van der Waals surface area contributed by atoms with E-state index >= 15 is 0 Å². The summed E-state index contributed by atoms with van der Waals surface area (Å²) in [5.74, 6) is -0.0575. The molecule has 4 nitrogen and oxygen atoms in total. The van der Waals surface area contributed by atoms with Crippen LogP contribution in [0.5, 0.6) is 5.75 Å². The number of halogens is 1. The van der Waals surface area contributed by atoms with E-state index in [2.05, 4.69) is 9.97 Å². The van der Waals surface area contributed by atoms with E-state index in [4.69, 9.17) is 4.74 Å². The second kappa shape index (κ2) is 5.35. The van der Waals surface area contributed by atoms with Crippen molar-refractivity contribution in [3.05, 3.63) is 53.9 Å². The fourth-order valence-electron chi connectivity index (χ4n) is 1.42. The van der Waals surface area contributed by atoms with Crippen LogP contribution in [0, 0.1) is 5.82 Å². The molecule has 1 heterocycles. The van der Waals surface area contributed by atoms with Crippen LogP contribution in [0.4, 0.5) is 4.39 Å². The van der Waals surface area contributed by atoms with Gasteiger partial charge in [-0.3, -0.25) is 4.79 Å². The number of nitrogens with zero attached hydrogens (tertiary/aromatic N) is 2. The molecule has 92 valence electrons. The molecule has 0 unspecified atom stereocenters. The van der Waals surface area contributed by atoms with E-state index in [0.717, 1.165) is 0 Å². The average molecular weight is 246 g/mol. The largest absolute Gasteiger partial charge is 0.486 e. The molecule has 0 aliphatic rings. The summed E-state index contributed by atoms with van der Waals surface area (Å²) in [5.41, 5.74) is 0.0540. The van der Waals surface area contributed by atoms with Crippen LogP contribution in [0.2, 0.25) is 0 Å². The van der Waals surface area contributed by atoms with Crippen LogP contribution < -0.4 is 4.74 Å². The first-order valence-corrected chi connectivity index (χ1v) is 5.36. The van der Waals surface area contributed by atoms with Gasteiger partial charge >= 0.3 is 0 Å². The molecule has 1 aromatic carbocycles. The van der Waals surface area contributed by atoms with Gasteiger partial charge in [0.1, 0.15) is 18.2 Å². The molecule has 0 N–H and O–H groups in total. The molecule has 0 saturated carbocycles. The molecule has 5 heteroatoms. The molecule has 0 saturated heterocycles. The summed E-state index contributed by atoms with van der Waals surface area (Å²) in [4.78, 5) is 19.0. The standard InChI is InChI=1S/C13H11FN2O2/c1-9(17)11-4-3-10(7-12(11)14)18-8-13-15-5-2-6-16-13/h2-7H,8H2,1H3. The van der Waals surface area contributed by atoms with Gasteiger partial charge in [-0.05, 0) is 25.1 Å². The fourth-order valence-corrected chi connectivity index (χ4v) is 1.42. The van der Waals surface area contributed by atoms with Gasteiger partial charge in [0, 0.05) is 18.5 Å². The number of aromatic nitrogens is 2. The molecule has 0 amide bonds. The molecule has 0 aliphatic carbocycles. The Morgan fingerprint density at radius 1 is 1.33 bits per heavy atom. The highest BCUT2D eigenvalue weighted by Crippen LogP contribution is 2.17. The highest BCUT2D eigenvalue weighted by Gasteiger charge is 2.08. The first kappa shape index (κ1) is 12.2. The summed E-state index contributed by atoms with van der Waals surface area (Å²) in [6.45, 7) is 1.47. The van der Waals surface area contributed by atoms with Gasteiger partial charge in [0.2, 0.25) is 0 Å².